The third kappa shape index (κ3) is 3.97. The summed E-state index contributed by atoms with van der Waals surface area (Å²) in [6.07, 6.45) is 2.50. The smallest absolute Gasteiger partial charge is 0.361 e. The van der Waals surface area contributed by atoms with E-state index in [0.29, 0.717) is 0 Å². The molecular formula is C13H10FN5O5. The highest BCUT2D eigenvalue weighted by atomic mass is 19.1. The molecule has 1 heterocycles. The lowest BCUT2D eigenvalue weighted by Crippen LogP contribution is -2.22. The number of nitrogen functional groups attached to an aromatic ring is 1. The Morgan fingerprint density at radius 2 is 2.04 bits per heavy atom. The Kier molecular flexibility index (Phi) is 4.94. The highest BCUT2D eigenvalue weighted by Crippen LogP contribution is 2.21. The van der Waals surface area contributed by atoms with E-state index in [4.69, 9.17) is 10.5 Å². The van der Waals surface area contributed by atoms with E-state index in [0.717, 1.165) is 18.2 Å². The highest BCUT2D eigenvalue weighted by Gasteiger charge is 2.17. The summed E-state index contributed by atoms with van der Waals surface area (Å²) in [5.41, 5.74) is 4.37. The van der Waals surface area contributed by atoms with Crippen molar-refractivity contribution < 1.29 is 23.6 Å². The van der Waals surface area contributed by atoms with Gasteiger partial charge >= 0.3 is 11.7 Å². The zero-order valence-electron chi connectivity index (χ0n) is 11.9. The number of nitrogens with two attached hydrogens (primary N) is 1. The number of nitrogens with one attached hydrogen (secondary N) is 1. The molecule has 0 spiro atoms. The van der Waals surface area contributed by atoms with Crippen molar-refractivity contribution in [1.29, 1.82) is 0 Å². The number of anilines is 2. The largest absolute Gasteiger partial charge is 0.451 e. The number of hydrogen-bond donors (Lipinski definition) is 2. The maximum absolute atomic E-state index is 13.2. The van der Waals surface area contributed by atoms with E-state index in [-0.39, 0.29) is 17.2 Å². The maximum atomic E-state index is 13.2. The fourth-order valence-corrected chi connectivity index (χ4v) is 1.63. The highest BCUT2D eigenvalue weighted by molar-refractivity contribution is 5.96. The van der Waals surface area contributed by atoms with E-state index >= 15 is 0 Å². The maximum Gasteiger partial charge on any atom is 0.361 e. The molecule has 0 aliphatic rings. The molecule has 124 valence electrons. The molecule has 0 fully saturated rings. The standard InChI is InChI=1S/C13H10FN5O5/c14-8-2-1-7(5-9(8)19(22)23)18-10(20)6-24-13(21)11-12(15)17-4-3-16-11/h1-5H,6H2,(H2,15,17)(H,18,20). The molecule has 0 radical (unpaired) electrons. The van der Waals surface area contributed by atoms with Crippen LogP contribution in [0, 0.1) is 15.9 Å². The molecule has 0 unspecified atom stereocenters. The number of nitro benzene ring substituents is 1. The predicted octanol–water partition coefficient (Wildman–Crippen LogP) is 0.902. The lowest BCUT2D eigenvalue weighted by Gasteiger charge is -2.07. The molecule has 11 heteroatoms. The van der Waals surface area contributed by atoms with Crippen molar-refractivity contribution in [2.24, 2.45) is 0 Å². The van der Waals surface area contributed by atoms with Gasteiger partial charge in [0.1, 0.15) is 0 Å². The van der Waals surface area contributed by atoms with Gasteiger partial charge in [-0.3, -0.25) is 14.9 Å². The number of esters is 1. The minimum atomic E-state index is -1.04. The van der Waals surface area contributed by atoms with Gasteiger partial charge in [-0.05, 0) is 12.1 Å². The number of aromatic nitrogens is 2. The van der Waals surface area contributed by atoms with Gasteiger partial charge < -0.3 is 15.8 Å². The van der Waals surface area contributed by atoms with Crippen LogP contribution in [0.1, 0.15) is 10.5 Å². The van der Waals surface area contributed by atoms with Gasteiger partial charge in [-0.1, -0.05) is 0 Å². The van der Waals surface area contributed by atoms with E-state index in [1.54, 1.807) is 0 Å². The molecule has 2 aromatic rings. The summed E-state index contributed by atoms with van der Waals surface area (Å²) >= 11 is 0. The average molecular weight is 335 g/mol. The molecule has 0 aliphatic heterocycles. The molecule has 1 amide bonds. The molecule has 0 bridgehead atoms. The predicted molar refractivity (Wildman–Crippen MR) is 78.4 cm³/mol. The number of benzene rings is 1. The van der Waals surface area contributed by atoms with Gasteiger partial charge in [0, 0.05) is 24.1 Å². The normalized spacial score (nSPS) is 10.0. The van der Waals surface area contributed by atoms with Gasteiger partial charge in [0.25, 0.3) is 5.91 Å². The summed E-state index contributed by atoms with van der Waals surface area (Å²) in [4.78, 5) is 40.4. The van der Waals surface area contributed by atoms with Crippen LogP contribution < -0.4 is 11.1 Å². The second kappa shape index (κ2) is 7.09. The molecule has 24 heavy (non-hydrogen) atoms. The second-order valence-electron chi connectivity index (χ2n) is 4.34. The Morgan fingerprint density at radius 3 is 2.71 bits per heavy atom. The monoisotopic (exact) mass is 335 g/mol. The molecule has 0 saturated heterocycles. The minimum Gasteiger partial charge on any atom is -0.451 e. The number of carbonyl (C=O) groups excluding carboxylic acids is 2. The summed E-state index contributed by atoms with van der Waals surface area (Å²) in [6.45, 7) is -0.694. The number of nitrogens with zero attached hydrogens (tertiary/aromatic N) is 3. The quantitative estimate of drug-likeness (QED) is 0.464. The van der Waals surface area contributed by atoms with Gasteiger partial charge in [-0.25, -0.2) is 14.8 Å². The number of rotatable bonds is 5. The number of ether oxygens (including phenoxy) is 1. The van der Waals surface area contributed by atoms with Crippen molar-refractivity contribution in [3.8, 4) is 0 Å². The van der Waals surface area contributed by atoms with Gasteiger partial charge in [0.2, 0.25) is 5.82 Å². The fourth-order valence-electron chi connectivity index (χ4n) is 1.63. The van der Waals surface area contributed by atoms with Gasteiger partial charge in [-0.2, -0.15) is 4.39 Å². The fraction of sp³-hybridized carbons (Fsp3) is 0.0769. The molecule has 2 rings (SSSR count). The van der Waals surface area contributed by atoms with Crippen molar-refractivity contribution in [2.45, 2.75) is 0 Å². The third-order valence-electron chi connectivity index (χ3n) is 2.68. The summed E-state index contributed by atoms with van der Waals surface area (Å²) in [7, 11) is 0. The number of hydrogen-bond acceptors (Lipinski definition) is 8. The number of nitro groups is 1. The van der Waals surface area contributed by atoms with Crippen molar-refractivity contribution >= 4 is 29.1 Å². The van der Waals surface area contributed by atoms with Crippen LogP contribution in [-0.4, -0.2) is 33.4 Å². The molecule has 3 N–H and O–H groups in total. The van der Waals surface area contributed by atoms with Crippen LogP contribution in [-0.2, 0) is 9.53 Å². The second-order valence-corrected chi connectivity index (χ2v) is 4.34. The molecule has 0 saturated carbocycles. The molecule has 1 aromatic carbocycles. The SMILES string of the molecule is Nc1nccnc1C(=O)OCC(=O)Nc1ccc(F)c([N+](=O)[O-])c1. The lowest BCUT2D eigenvalue weighted by atomic mass is 10.2. The first-order chi connectivity index (χ1) is 11.4. The van der Waals surface area contributed by atoms with Crippen molar-refractivity contribution in [2.75, 3.05) is 17.7 Å². The zero-order valence-corrected chi connectivity index (χ0v) is 11.9. The van der Waals surface area contributed by atoms with Crippen LogP contribution in [0.3, 0.4) is 0 Å². The van der Waals surface area contributed by atoms with Crippen molar-refractivity contribution in [1.82, 2.24) is 9.97 Å². The van der Waals surface area contributed by atoms with Gasteiger partial charge in [0.05, 0.1) is 4.92 Å². The molecular weight excluding hydrogens is 325 g/mol. The zero-order chi connectivity index (χ0) is 17.7. The summed E-state index contributed by atoms with van der Waals surface area (Å²) in [6, 6.07) is 2.80. The number of halogens is 1. The molecule has 0 aliphatic carbocycles. The summed E-state index contributed by atoms with van der Waals surface area (Å²) in [5.74, 6) is -2.94. The van der Waals surface area contributed by atoms with E-state index in [1.807, 2.05) is 0 Å². The Bertz CT molecular complexity index is 813. The molecule has 10 nitrogen and oxygen atoms in total. The summed E-state index contributed by atoms with van der Waals surface area (Å²) in [5, 5.41) is 12.9. The topological polar surface area (TPSA) is 150 Å². The van der Waals surface area contributed by atoms with Gasteiger partial charge in [0.15, 0.2) is 18.1 Å². The van der Waals surface area contributed by atoms with Crippen LogP contribution >= 0.6 is 0 Å². The van der Waals surface area contributed by atoms with Crippen LogP contribution in [0.4, 0.5) is 21.6 Å². The van der Waals surface area contributed by atoms with Crippen LogP contribution in [0.5, 0.6) is 0 Å². The summed E-state index contributed by atoms with van der Waals surface area (Å²) < 4.78 is 17.9. The Hall–Kier alpha value is -3.63. The first-order valence-electron chi connectivity index (χ1n) is 6.36. The first-order valence-corrected chi connectivity index (χ1v) is 6.36. The Morgan fingerprint density at radius 1 is 1.33 bits per heavy atom. The van der Waals surface area contributed by atoms with E-state index in [2.05, 4.69) is 15.3 Å². The Labute approximate surface area is 133 Å². The third-order valence-corrected chi connectivity index (χ3v) is 2.68. The minimum absolute atomic E-state index is 0.0248. The van der Waals surface area contributed by atoms with E-state index in [9.17, 15) is 24.1 Å². The van der Waals surface area contributed by atoms with Crippen LogP contribution in [0.2, 0.25) is 0 Å². The van der Waals surface area contributed by atoms with Crippen molar-refractivity contribution in [3.05, 3.63) is 52.2 Å². The van der Waals surface area contributed by atoms with Gasteiger partial charge in [-0.15, -0.1) is 0 Å². The number of amides is 1. The van der Waals surface area contributed by atoms with Crippen molar-refractivity contribution in [3.63, 3.8) is 0 Å². The van der Waals surface area contributed by atoms with Crippen LogP contribution in [0.25, 0.3) is 0 Å². The van der Waals surface area contributed by atoms with E-state index < -0.39 is 34.9 Å². The molecule has 1 aromatic heterocycles. The van der Waals surface area contributed by atoms with E-state index in [1.165, 1.54) is 12.4 Å². The lowest BCUT2D eigenvalue weighted by molar-refractivity contribution is -0.387. The number of carbonyl (C=O) groups is 2. The first kappa shape index (κ1) is 16.7. The van der Waals surface area contributed by atoms with Crippen LogP contribution in [0.15, 0.2) is 30.6 Å². The average Bonchev–Trinajstić information content (AvgIpc) is 2.54. The Balaban J connectivity index is 1.97. The molecule has 0 atom stereocenters.